The van der Waals surface area contributed by atoms with Crippen LogP contribution in [0.2, 0.25) is 0 Å². The van der Waals surface area contributed by atoms with Gasteiger partial charge in [0.25, 0.3) is 0 Å². The van der Waals surface area contributed by atoms with Crippen molar-refractivity contribution in [3.05, 3.63) is 41.2 Å². The predicted molar refractivity (Wildman–Crippen MR) is 68.1 cm³/mol. The molecule has 0 saturated carbocycles. The van der Waals surface area contributed by atoms with E-state index in [2.05, 4.69) is 4.99 Å². The molecule has 0 amide bonds. The van der Waals surface area contributed by atoms with Gasteiger partial charge in [0, 0.05) is 5.41 Å². The number of aldehydes is 1. The molecule has 1 aromatic rings. The number of fused-ring (bicyclic) bond motifs is 1. The minimum atomic E-state index is -0.350. The lowest BCUT2D eigenvalue weighted by Crippen LogP contribution is -2.27. The molecule has 0 saturated heterocycles. The smallest absolute Gasteiger partial charge is 0.155 e. The Labute approximate surface area is 101 Å². The highest BCUT2D eigenvalue weighted by molar-refractivity contribution is 6.22. The molecule has 1 aromatic carbocycles. The number of aryl methyl sites for hydroxylation is 1. The molecular weight excluding hydrogens is 214 g/mol. The molecule has 2 rings (SSSR count). The van der Waals surface area contributed by atoms with Gasteiger partial charge in [-0.3, -0.25) is 9.79 Å². The third-order valence-electron chi connectivity index (χ3n) is 3.27. The molecule has 1 N–H and O–H groups in total. The van der Waals surface area contributed by atoms with Gasteiger partial charge in [-0.25, -0.2) is 0 Å². The average Bonchev–Trinajstić information content (AvgIpc) is 2.56. The molecule has 0 unspecified atom stereocenters. The molecule has 1 aliphatic rings. The summed E-state index contributed by atoms with van der Waals surface area (Å²) in [5, 5.41) is 9.09. The lowest BCUT2D eigenvalue weighted by Gasteiger charge is -2.21. The molecule has 88 valence electrons. The number of rotatable bonds is 2. The summed E-state index contributed by atoms with van der Waals surface area (Å²) in [4.78, 5) is 15.4. The normalized spacial score (nSPS) is 17.6. The highest BCUT2D eigenvalue weighted by atomic mass is 16.2. The van der Waals surface area contributed by atoms with E-state index in [0.717, 1.165) is 23.1 Å². The lowest BCUT2D eigenvalue weighted by atomic mass is 9.79. The number of hydrogen-bond donors (Lipinski definition) is 1. The van der Waals surface area contributed by atoms with E-state index in [1.807, 2.05) is 39.0 Å². The number of nitrogens with zero attached hydrogens (tertiary/aromatic N) is 1. The summed E-state index contributed by atoms with van der Waals surface area (Å²) in [7, 11) is 0. The highest BCUT2D eigenvalue weighted by Gasteiger charge is 2.37. The minimum absolute atomic E-state index is 0.241. The van der Waals surface area contributed by atoms with E-state index in [9.17, 15) is 4.79 Å². The van der Waals surface area contributed by atoms with E-state index in [0.29, 0.717) is 12.0 Å². The lowest BCUT2D eigenvalue weighted by molar-refractivity contribution is -0.104. The van der Waals surface area contributed by atoms with Crippen molar-refractivity contribution in [1.82, 2.24) is 0 Å². The molecule has 0 fully saturated rings. The number of aliphatic hydroxyl groups excluding tert-OH is 1. The second kappa shape index (κ2) is 3.84. The van der Waals surface area contributed by atoms with Gasteiger partial charge in [-0.2, -0.15) is 0 Å². The van der Waals surface area contributed by atoms with Crippen molar-refractivity contribution in [2.75, 3.05) is 0 Å². The van der Waals surface area contributed by atoms with E-state index in [1.165, 1.54) is 0 Å². The third kappa shape index (κ3) is 1.58. The second-order valence-electron chi connectivity index (χ2n) is 4.76. The molecule has 3 heteroatoms. The van der Waals surface area contributed by atoms with Crippen LogP contribution in [-0.4, -0.2) is 17.1 Å². The van der Waals surface area contributed by atoms with Crippen molar-refractivity contribution in [1.29, 1.82) is 0 Å². The summed E-state index contributed by atoms with van der Waals surface area (Å²) in [5.74, 6) is 0. The monoisotopic (exact) mass is 229 g/mol. The van der Waals surface area contributed by atoms with E-state index >= 15 is 0 Å². The number of carbonyl (C=O) groups is 1. The maximum atomic E-state index is 10.9. The van der Waals surface area contributed by atoms with E-state index in [-0.39, 0.29) is 11.0 Å². The first kappa shape index (κ1) is 11.6. The Morgan fingerprint density at radius 2 is 2.12 bits per heavy atom. The van der Waals surface area contributed by atoms with Crippen LogP contribution in [0.25, 0.3) is 0 Å². The fourth-order valence-electron chi connectivity index (χ4n) is 2.26. The summed E-state index contributed by atoms with van der Waals surface area (Å²) in [5.41, 5.74) is 3.60. The van der Waals surface area contributed by atoms with Crippen molar-refractivity contribution in [2.24, 2.45) is 4.99 Å². The number of hydrogen-bond acceptors (Lipinski definition) is 3. The van der Waals surface area contributed by atoms with Gasteiger partial charge in [0.05, 0.1) is 23.2 Å². The highest BCUT2D eigenvalue weighted by Crippen LogP contribution is 2.43. The maximum absolute atomic E-state index is 10.9. The molecule has 0 bridgehead atoms. The van der Waals surface area contributed by atoms with Crippen LogP contribution < -0.4 is 0 Å². The van der Waals surface area contributed by atoms with E-state index in [1.54, 1.807) is 0 Å². The summed E-state index contributed by atoms with van der Waals surface area (Å²) >= 11 is 0. The van der Waals surface area contributed by atoms with Crippen LogP contribution in [0.5, 0.6) is 0 Å². The first-order valence-corrected chi connectivity index (χ1v) is 5.51. The van der Waals surface area contributed by atoms with Crippen LogP contribution in [0.15, 0.2) is 35.0 Å². The molecule has 0 aromatic heterocycles. The van der Waals surface area contributed by atoms with Crippen LogP contribution in [0, 0.1) is 6.92 Å². The fourth-order valence-corrected chi connectivity index (χ4v) is 2.26. The second-order valence-corrected chi connectivity index (χ2v) is 4.76. The zero-order valence-electron chi connectivity index (χ0n) is 10.2. The zero-order valence-corrected chi connectivity index (χ0v) is 10.2. The van der Waals surface area contributed by atoms with Crippen molar-refractivity contribution < 1.29 is 9.90 Å². The Kier molecular flexibility index (Phi) is 2.62. The largest absolute Gasteiger partial charge is 0.515 e. The molecule has 1 heterocycles. The summed E-state index contributed by atoms with van der Waals surface area (Å²) < 4.78 is 0. The molecular formula is C14H15NO2. The van der Waals surface area contributed by atoms with Gasteiger partial charge in [-0.05, 0) is 18.1 Å². The SMILES string of the molecule is Cc1cccc2c1N=C(/C(C=O)=C/O)C2(C)C. The van der Waals surface area contributed by atoms with E-state index < -0.39 is 0 Å². The Hall–Kier alpha value is -1.90. The van der Waals surface area contributed by atoms with Crippen LogP contribution in [0.4, 0.5) is 5.69 Å². The van der Waals surface area contributed by atoms with Gasteiger partial charge in [0.1, 0.15) is 0 Å². The molecule has 0 aliphatic carbocycles. The van der Waals surface area contributed by atoms with Crippen LogP contribution in [-0.2, 0) is 10.2 Å². The van der Waals surface area contributed by atoms with Gasteiger partial charge in [-0.1, -0.05) is 32.0 Å². The molecule has 0 atom stereocenters. The van der Waals surface area contributed by atoms with Gasteiger partial charge in [0.2, 0.25) is 0 Å². The quantitative estimate of drug-likeness (QED) is 0.481. The molecule has 1 aliphatic heterocycles. The standard InChI is InChI=1S/C14H15NO2/c1-9-5-4-6-11-12(9)15-13(14(11,2)3)10(7-16)8-17/h4-8,16H,1-3H3/b10-7+. The third-order valence-corrected chi connectivity index (χ3v) is 3.27. The van der Waals surface area contributed by atoms with Gasteiger partial charge >= 0.3 is 0 Å². The molecule has 3 nitrogen and oxygen atoms in total. The molecule has 0 radical (unpaired) electrons. The Morgan fingerprint density at radius 3 is 2.65 bits per heavy atom. The van der Waals surface area contributed by atoms with Crippen molar-refractivity contribution >= 4 is 17.7 Å². The topological polar surface area (TPSA) is 49.7 Å². The Bertz CT molecular complexity index is 539. The van der Waals surface area contributed by atoms with Gasteiger partial charge < -0.3 is 5.11 Å². The Balaban J connectivity index is 2.65. The van der Waals surface area contributed by atoms with Gasteiger partial charge in [-0.15, -0.1) is 0 Å². The summed E-state index contributed by atoms with van der Waals surface area (Å²) in [6, 6.07) is 5.99. The number of aliphatic imine (C=N–C) groups is 1. The molecule has 0 spiro atoms. The molecule has 17 heavy (non-hydrogen) atoms. The van der Waals surface area contributed by atoms with Crippen LogP contribution >= 0.6 is 0 Å². The number of para-hydroxylation sites is 1. The fraction of sp³-hybridized carbons (Fsp3) is 0.286. The van der Waals surface area contributed by atoms with Crippen LogP contribution in [0.1, 0.15) is 25.0 Å². The summed E-state index contributed by atoms with van der Waals surface area (Å²) in [6.07, 6.45) is 1.47. The number of carbonyl (C=O) groups excluding carboxylic acids is 1. The van der Waals surface area contributed by atoms with Crippen molar-refractivity contribution in [3.8, 4) is 0 Å². The average molecular weight is 229 g/mol. The van der Waals surface area contributed by atoms with Crippen molar-refractivity contribution in [3.63, 3.8) is 0 Å². The van der Waals surface area contributed by atoms with Crippen LogP contribution in [0.3, 0.4) is 0 Å². The van der Waals surface area contributed by atoms with E-state index in [4.69, 9.17) is 5.11 Å². The first-order valence-electron chi connectivity index (χ1n) is 5.51. The first-order chi connectivity index (χ1) is 8.02. The number of allylic oxidation sites excluding steroid dienone is 1. The maximum Gasteiger partial charge on any atom is 0.155 e. The van der Waals surface area contributed by atoms with Gasteiger partial charge in [0.15, 0.2) is 6.29 Å². The van der Waals surface area contributed by atoms with Crippen molar-refractivity contribution in [2.45, 2.75) is 26.2 Å². The summed E-state index contributed by atoms with van der Waals surface area (Å²) in [6.45, 7) is 6.00. The number of aliphatic hydroxyl groups is 1. The minimum Gasteiger partial charge on any atom is -0.515 e. The predicted octanol–water partition coefficient (Wildman–Crippen LogP) is 3.00. The Morgan fingerprint density at radius 1 is 1.41 bits per heavy atom. The zero-order chi connectivity index (χ0) is 12.6. The number of benzene rings is 1.